The number of ether oxygens (including phenoxy) is 2. The summed E-state index contributed by atoms with van der Waals surface area (Å²) in [5.41, 5.74) is 0.0947. The summed E-state index contributed by atoms with van der Waals surface area (Å²) in [7, 11) is 0. The van der Waals surface area contributed by atoms with Gasteiger partial charge in [0.15, 0.2) is 0 Å². The second-order valence-corrected chi connectivity index (χ2v) is 8.57. The van der Waals surface area contributed by atoms with Crippen LogP contribution in [0, 0.1) is 20.2 Å². The third-order valence-electron chi connectivity index (χ3n) is 5.75. The molecule has 13 heteroatoms. The number of benzene rings is 3. The van der Waals surface area contributed by atoms with E-state index in [0.717, 1.165) is 12.1 Å². The molecule has 12 nitrogen and oxygen atoms in total. The summed E-state index contributed by atoms with van der Waals surface area (Å²) in [4.78, 5) is 49.6. The average molecular weight is 541 g/mol. The standard InChI is InChI=1S/C25H21ClN4O8/c26-19-15-18(29(33)34)7-8-20(19)27-24(31)23(16-4-2-1-3-5-16)38-25(32)17-6-9-21(22(14-17)30(35)36)28-10-12-37-13-11-28/h1-9,14-15,23H,10-13H2,(H,27,31)/t23-/m0/s1. The van der Waals surface area contributed by atoms with Gasteiger partial charge in [0.05, 0.1) is 39.3 Å². The van der Waals surface area contributed by atoms with E-state index in [1.165, 1.54) is 24.3 Å². The Morgan fingerprint density at radius 3 is 2.32 bits per heavy atom. The maximum atomic E-state index is 13.2. The van der Waals surface area contributed by atoms with Gasteiger partial charge >= 0.3 is 5.97 Å². The minimum Gasteiger partial charge on any atom is -0.444 e. The van der Waals surface area contributed by atoms with Crippen molar-refractivity contribution in [3.05, 3.63) is 103 Å². The molecule has 0 saturated carbocycles. The minimum atomic E-state index is -1.45. The highest BCUT2D eigenvalue weighted by molar-refractivity contribution is 6.34. The molecule has 0 spiro atoms. The van der Waals surface area contributed by atoms with Crippen LogP contribution in [0.5, 0.6) is 0 Å². The van der Waals surface area contributed by atoms with E-state index in [0.29, 0.717) is 37.6 Å². The number of nitrogens with zero attached hydrogens (tertiary/aromatic N) is 3. The Hall–Kier alpha value is -4.55. The summed E-state index contributed by atoms with van der Waals surface area (Å²) >= 11 is 6.09. The van der Waals surface area contributed by atoms with Gasteiger partial charge in [0.1, 0.15) is 5.69 Å². The van der Waals surface area contributed by atoms with Crippen molar-refractivity contribution >= 4 is 46.2 Å². The molecule has 1 aliphatic rings. The van der Waals surface area contributed by atoms with Crippen molar-refractivity contribution in [1.29, 1.82) is 0 Å². The molecule has 0 radical (unpaired) electrons. The van der Waals surface area contributed by atoms with E-state index in [-0.39, 0.29) is 27.6 Å². The molecule has 0 aliphatic carbocycles. The van der Waals surface area contributed by atoms with Gasteiger partial charge in [0.25, 0.3) is 17.3 Å². The summed E-state index contributed by atoms with van der Waals surface area (Å²) in [5.74, 6) is -1.74. The summed E-state index contributed by atoms with van der Waals surface area (Å²) in [6, 6.07) is 15.6. The predicted molar refractivity (Wildman–Crippen MR) is 137 cm³/mol. The van der Waals surface area contributed by atoms with E-state index in [4.69, 9.17) is 21.1 Å². The lowest BCUT2D eigenvalue weighted by molar-refractivity contribution is -0.384. The molecule has 0 bridgehead atoms. The molecule has 0 unspecified atom stereocenters. The van der Waals surface area contributed by atoms with Crippen molar-refractivity contribution in [1.82, 2.24) is 0 Å². The maximum Gasteiger partial charge on any atom is 0.339 e. The normalized spacial score (nSPS) is 13.9. The summed E-state index contributed by atoms with van der Waals surface area (Å²) in [6.07, 6.45) is -1.45. The van der Waals surface area contributed by atoms with Gasteiger partial charge in [-0.25, -0.2) is 4.79 Å². The Balaban J connectivity index is 1.59. The zero-order valence-corrected chi connectivity index (χ0v) is 20.5. The highest BCUT2D eigenvalue weighted by Gasteiger charge is 2.29. The third-order valence-corrected chi connectivity index (χ3v) is 6.06. The van der Waals surface area contributed by atoms with Crippen LogP contribution in [0.3, 0.4) is 0 Å². The van der Waals surface area contributed by atoms with Crippen molar-refractivity contribution in [2.45, 2.75) is 6.10 Å². The van der Waals surface area contributed by atoms with Crippen LogP contribution in [-0.2, 0) is 14.3 Å². The van der Waals surface area contributed by atoms with E-state index in [1.54, 1.807) is 35.2 Å². The molecule has 3 aromatic carbocycles. The maximum absolute atomic E-state index is 13.2. The van der Waals surface area contributed by atoms with Crippen LogP contribution in [0.15, 0.2) is 66.7 Å². The monoisotopic (exact) mass is 540 g/mol. The molecule has 1 amide bonds. The molecule has 196 valence electrons. The fourth-order valence-electron chi connectivity index (χ4n) is 3.86. The number of non-ortho nitro benzene ring substituents is 1. The number of hydrogen-bond acceptors (Lipinski definition) is 9. The zero-order valence-electron chi connectivity index (χ0n) is 19.7. The summed E-state index contributed by atoms with van der Waals surface area (Å²) < 4.78 is 10.8. The number of amides is 1. The topological polar surface area (TPSA) is 154 Å². The van der Waals surface area contributed by atoms with Crippen molar-refractivity contribution in [2.24, 2.45) is 0 Å². The molecule has 3 aromatic rings. The number of halogens is 1. The molecular weight excluding hydrogens is 520 g/mol. The molecule has 1 N–H and O–H groups in total. The molecule has 38 heavy (non-hydrogen) atoms. The van der Waals surface area contributed by atoms with Crippen LogP contribution in [-0.4, -0.2) is 48.0 Å². The summed E-state index contributed by atoms with van der Waals surface area (Å²) in [6.45, 7) is 1.78. The van der Waals surface area contributed by atoms with Crippen LogP contribution in [0.1, 0.15) is 22.0 Å². The lowest BCUT2D eigenvalue weighted by Gasteiger charge is -2.28. The molecule has 1 heterocycles. The van der Waals surface area contributed by atoms with Crippen molar-refractivity contribution in [2.75, 3.05) is 36.5 Å². The molecule has 1 atom stereocenters. The van der Waals surface area contributed by atoms with Crippen LogP contribution < -0.4 is 10.2 Å². The zero-order chi connectivity index (χ0) is 27.2. The first-order valence-electron chi connectivity index (χ1n) is 11.4. The van der Waals surface area contributed by atoms with Crippen LogP contribution >= 0.6 is 11.6 Å². The quantitative estimate of drug-likeness (QED) is 0.246. The fraction of sp³-hybridized carbons (Fsp3) is 0.200. The fourth-order valence-corrected chi connectivity index (χ4v) is 4.08. The largest absolute Gasteiger partial charge is 0.444 e. The van der Waals surface area contributed by atoms with Gasteiger partial charge in [-0.1, -0.05) is 41.9 Å². The Bertz CT molecular complexity index is 1380. The van der Waals surface area contributed by atoms with Gasteiger partial charge in [0, 0.05) is 36.9 Å². The molecule has 0 aromatic heterocycles. The van der Waals surface area contributed by atoms with Gasteiger partial charge in [-0.05, 0) is 18.2 Å². The second kappa shape index (κ2) is 11.7. The Labute approximate surface area is 221 Å². The van der Waals surface area contributed by atoms with E-state index < -0.39 is 27.8 Å². The highest BCUT2D eigenvalue weighted by atomic mass is 35.5. The van der Waals surface area contributed by atoms with E-state index >= 15 is 0 Å². The minimum absolute atomic E-state index is 0.0738. The lowest BCUT2D eigenvalue weighted by atomic mass is 10.1. The van der Waals surface area contributed by atoms with Gasteiger partial charge in [-0.3, -0.25) is 25.0 Å². The number of esters is 1. The van der Waals surface area contributed by atoms with Crippen molar-refractivity contribution < 1.29 is 28.9 Å². The van der Waals surface area contributed by atoms with Gasteiger partial charge in [-0.2, -0.15) is 0 Å². The molecular formula is C25H21ClN4O8. The SMILES string of the molecule is O=C(O[C@H](C(=O)Nc1ccc([N+](=O)[O-])cc1Cl)c1ccccc1)c1ccc(N2CCOCC2)c([N+](=O)[O-])c1. The van der Waals surface area contributed by atoms with Crippen LogP contribution in [0.2, 0.25) is 5.02 Å². The molecule has 1 aliphatic heterocycles. The third kappa shape index (κ3) is 6.05. The van der Waals surface area contributed by atoms with Gasteiger partial charge < -0.3 is 19.7 Å². The Morgan fingerprint density at radius 2 is 1.68 bits per heavy atom. The number of nitro groups is 2. The first-order chi connectivity index (χ1) is 18.2. The van der Waals surface area contributed by atoms with Gasteiger partial charge in [0.2, 0.25) is 6.10 Å². The van der Waals surface area contributed by atoms with Crippen LogP contribution in [0.4, 0.5) is 22.7 Å². The smallest absolute Gasteiger partial charge is 0.339 e. The Kier molecular flexibility index (Phi) is 8.14. The number of rotatable bonds is 8. The van der Waals surface area contributed by atoms with E-state index in [1.807, 2.05) is 0 Å². The highest BCUT2D eigenvalue weighted by Crippen LogP contribution is 2.32. The molecule has 1 fully saturated rings. The second-order valence-electron chi connectivity index (χ2n) is 8.17. The predicted octanol–water partition coefficient (Wildman–Crippen LogP) is 4.53. The number of hydrogen-bond donors (Lipinski definition) is 1. The van der Waals surface area contributed by atoms with Crippen LogP contribution in [0.25, 0.3) is 0 Å². The number of carbonyl (C=O) groups is 2. The van der Waals surface area contributed by atoms with E-state index in [2.05, 4.69) is 5.32 Å². The van der Waals surface area contributed by atoms with Crippen molar-refractivity contribution in [3.63, 3.8) is 0 Å². The van der Waals surface area contributed by atoms with E-state index in [9.17, 15) is 29.8 Å². The number of morpholine rings is 1. The molecule has 1 saturated heterocycles. The van der Waals surface area contributed by atoms with Gasteiger partial charge in [-0.15, -0.1) is 0 Å². The number of nitro benzene ring substituents is 2. The number of carbonyl (C=O) groups excluding carboxylic acids is 2. The number of anilines is 2. The number of nitrogens with one attached hydrogen (secondary N) is 1. The first-order valence-corrected chi connectivity index (χ1v) is 11.7. The Morgan fingerprint density at radius 1 is 0.974 bits per heavy atom. The lowest BCUT2D eigenvalue weighted by Crippen LogP contribution is -2.36. The first kappa shape index (κ1) is 26.5. The van der Waals surface area contributed by atoms with Crippen molar-refractivity contribution in [3.8, 4) is 0 Å². The average Bonchev–Trinajstić information content (AvgIpc) is 2.93. The summed E-state index contributed by atoms with van der Waals surface area (Å²) in [5, 5.41) is 25.2. The molecule has 4 rings (SSSR count).